The number of rotatable bonds is 3. The summed E-state index contributed by atoms with van der Waals surface area (Å²) in [5.41, 5.74) is 10.1. The number of benzene rings is 3. The van der Waals surface area contributed by atoms with Gasteiger partial charge in [-0.1, -0.05) is 66.7 Å². The van der Waals surface area contributed by atoms with Crippen molar-refractivity contribution < 1.29 is 0 Å². The van der Waals surface area contributed by atoms with Crippen molar-refractivity contribution in [2.45, 2.75) is 25.8 Å². The topological polar surface area (TPSA) is 26.0 Å². The Balaban J connectivity index is 2.04. The Bertz CT molecular complexity index is 766. The monoisotopic (exact) mass is 275 g/mol. The molecule has 0 aliphatic heterocycles. The predicted octanol–water partition coefficient (Wildman–Crippen LogP) is 4.56. The van der Waals surface area contributed by atoms with Crippen molar-refractivity contribution in [3.05, 3.63) is 83.4 Å². The molecule has 3 rings (SSSR count). The van der Waals surface area contributed by atoms with E-state index in [4.69, 9.17) is 5.73 Å². The summed E-state index contributed by atoms with van der Waals surface area (Å²) in [7, 11) is 0. The third-order valence-corrected chi connectivity index (χ3v) is 4.20. The van der Waals surface area contributed by atoms with Gasteiger partial charge in [-0.05, 0) is 47.7 Å². The minimum Gasteiger partial charge on any atom is -0.321 e. The Labute approximate surface area is 126 Å². The Morgan fingerprint density at radius 1 is 0.857 bits per heavy atom. The van der Waals surface area contributed by atoms with Gasteiger partial charge in [0.1, 0.15) is 0 Å². The molecule has 21 heavy (non-hydrogen) atoms. The first-order valence-electron chi connectivity index (χ1n) is 7.39. The van der Waals surface area contributed by atoms with Gasteiger partial charge in [0.15, 0.2) is 0 Å². The van der Waals surface area contributed by atoms with E-state index in [2.05, 4.69) is 80.6 Å². The third kappa shape index (κ3) is 2.70. The van der Waals surface area contributed by atoms with E-state index in [0.717, 1.165) is 6.42 Å². The van der Waals surface area contributed by atoms with Crippen LogP contribution >= 0.6 is 0 Å². The van der Waals surface area contributed by atoms with Crippen molar-refractivity contribution in [1.82, 2.24) is 0 Å². The molecule has 0 aromatic heterocycles. The van der Waals surface area contributed by atoms with Crippen LogP contribution in [0.1, 0.15) is 23.6 Å². The average molecular weight is 275 g/mol. The molecule has 0 heterocycles. The maximum Gasteiger partial charge on any atom is 0.0424 e. The van der Waals surface area contributed by atoms with Crippen LogP contribution in [0.3, 0.4) is 0 Å². The van der Waals surface area contributed by atoms with Crippen molar-refractivity contribution in [3.8, 4) is 0 Å². The Hall–Kier alpha value is -2.12. The molecule has 1 heteroatoms. The van der Waals surface area contributed by atoms with Gasteiger partial charge in [0, 0.05) is 5.54 Å². The summed E-state index contributed by atoms with van der Waals surface area (Å²) in [5.74, 6) is 0. The lowest BCUT2D eigenvalue weighted by Gasteiger charge is -2.28. The van der Waals surface area contributed by atoms with E-state index >= 15 is 0 Å². The molecule has 0 spiro atoms. The fraction of sp³-hybridized carbons (Fsp3) is 0.200. The summed E-state index contributed by atoms with van der Waals surface area (Å²) in [4.78, 5) is 0. The van der Waals surface area contributed by atoms with Crippen LogP contribution in [0.5, 0.6) is 0 Å². The number of nitrogens with two attached hydrogens (primary N) is 1. The van der Waals surface area contributed by atoms with E-state index in [0.29, 0.717) is 0 Å². The maximum atomic E-state index is 6.66. The van der Waals surface area contributed by atoms with Gasteiger partial charge in [-0.15, -0.1) is 0 Å². The van der Waals surface area contributed by atoms with Gasteiger partial charge < -0.3 is 5.73 Å². The number of hydrogen-bond acceptors (Lipinski definition) is 1. The maximum absolute atomic E-state index is 6.66. The summed E-state index contributed by atoms with van der Waals surface area (Å²) in [6.07, 6.45) is 0.833. The zero-order valence-corrected chi connectivity index (χ0v) is 12.6. The molecule has 3 aromatic carbocycles. The number of aryl methyl sites for hydroxylation is 1. The second-order valence-corrected chi connectivity index (χ2v) is 6.05. The van der Waals surface area contributed by atoms with Crippen LogP contribution in [-0.2, 0) is 12.0 Å². The Morgan fingerprint density at radius 2 is 1.52 bits per heavy atom. The highest BCUT2D eigenvalue weighted by atomic mass is 14.7. The molecule has 1 nitrogen and oxygen atoms in total. The van der Waals surface area contributed by atoms with E-state index in [1.165, 1.54) is 27.5 Å². The molecule has 3 aromatic rings. The lowest BCUT2D eigenvalue weighted by Crippen LogP contribution is -2.36. The van der Waals surface area contributed by atoms with Crippen molar-refractivity contribution in [2.75, 3.05) is 0 Å². The normalized spacial score (nSPS) is 14.0. The van der Waals surface area contributed by atoms with Gasteiger partial charge in [-0.3, -0.25) is 0 Å². The van der Waals surface area contributed by atoms with Crippen molar-refractivity contribution >= 4 is 10.8 Å². The van der Waals surface area contributed by atoms with Crippen LogP contribution in [0.15, 0.2) is 66.7 Å². The van der Waals surface area contributed by atoms with Gasteiger partial charge >= 0.3 is 0 Å². The second-order valence-electron chi connectivity index (χ2n) is 6.05. The van der Waals surface area contributed by atoms with Crippen LogP contribution in [0.4, 0.5) is 0 Å². The van der Waals surface area contributed by atoms with Crippen molar-refractivity contribution in [2.24, 2.45) is 5.73 Å². The molecule has 0 saturated heterocycles. The van der Waals surface area contributed by atoms with Gasteiger partial charge in [0.05, 0.1) is 0 Å². The van der Waals surface area contributed by atoms with E-state index in [1.807, 2.05) is 0 Å². The SMILES string of the molecule is Cc1ccccc1C(C)(N)Cc1cccc2ccccc12. The molecule has 0 amide bonds. The van der Waals surface area contributed by atoms with Crippen LogP contribution in [0, 0.1) is 6.92 Å². The molecule has 0 bridgehead atoms. The zero-order valence-electron chi connectivity index (χ0n) is 12.6. The molecule has 106 valence electrons. The van der Waals surface area contributed by atoms with Crippen LogP contribution in [0.25, 0.3) is 10.8 Å². The fourth-order valence-electron chi connectivity index (χ4n) is 3.15. The van der Waals surface area contributed by atoms with E-state index in [1.54, 1.807) is 0 Å². The van der Waals surface area contributed by atoms with Crippen molar-refractivity contribution in [3.63, 3.8) is 0 Å². The van der Waals surface area contributed by atoms with Crippen LogP contribution in [-0.4, -0.2) is 0 Å². The number of hydrogen-bond donors (Lipinski definition) is 1. The van der Waals surface area contributed by atoms with Gasteiger partial charge in [0.25, 0.3) is 0 Å². The highest BCUT2D eigenvalue weighted by molar-refractivity contribution is 5.85. The molecule has 0 saturated carbocycles. The third-order valence-electron chi connectivity index (χ3n) is 4.20. The second kappa shape index (κ2) is 5.34. The fourth-order valence-corrected chi connectivity index (χ4v) is 3.15. The molecule has 1 atom stereocenters. The molecule has 2 N–H and O–H groups in total. The van der Waals surface area contributed by atoms with Gasteiger partial charge in [0.2, 0.25) is 0 Å². The van der Waals surface area contributed by atoms with E-state index < -0.39 is 0 Å². The average Bonchev–Trinajstić information content (AvgIpc) is 2.47. The molecule has 0 aliphatic rings. The summed E-state index contributed by atoms with van der Waals surface area (Å²) < 4.78 is 0. The first kappa shape index (κ1) is 13.8. The smallest absolute Gasteiger partial charge is 0.0424 e. The van der Waals surface area contributed by atoms with E-state index in [9.17, 15) is 0 Å². The molecular formula is C20H21N. The largest absolute Gasteiger partial charge is 0.321 e. The highest BCUT2D eigenvalue weighted by Gasteiger charge is 2.23. The Morgan fingerprint density at radius 3 is 2.33 bits per heavy atom. The quantitative estimate of drug-likeness (QED) is 0.744. The molecule has 0 fully saturated rings. The molecule has 1 unspecified atom stereocenters. The molecule has 0 radical (unpaired) electrons. The van der Waals surface area contributed by atoms with Crippen LogP contribution < -0.4 is 5.73 Å². The minimum absolute atomic E-state index is 0.366. The van der Waals surface area contributed by atoms with Gasteiger partial charge in [-0.2, -0.15) is 0 Å². The van der Waals surface area contributed by atoms with Gasteiger partial charge in [-0.25, -0.2) is 0 Å². The first-order chi connectivity index (χ1) is 10.1. The number of fused-ring (bicyclic) bond motifs is 1. The zero-order chi connectivity index (χ0) is 14.9. The standard InChI is InChI=1S/C20H21N/c1-15-8-3-6-13-19(15)20(2,21)14-17-11-7-10-16-9-4-5-12-18(16)17/h3-13H,14,21H2,1-2H3. The molecule has 0 aliphatic carbocycles. The highest BCUT2D eigenvalue weighted by Crippen LogP contribution is 2.28. The van der Waals surface area contributed by atoms with E-state index in [-0.39, 0.29) is 5.54 Å². The predicted molar refractivity (Wildman–Crippen MR) is 90.4 cm³/mol. The van der Waals surface area contributed by atoms with Crippen molar-refractivity contribution in [1.29, 1.82) is 0 Å². The Kier molecular flexibility index (Phi) is 3.52. The molecular weight excluding hydrogens is 254 g/mol. The summed E-state index contributed by atoms with van der Waals surface area (Å²) in [6, 6.07) is 23.4. The minimum atomic E-state index is -0.366. The lowest BCUT2D eigenvalue weighted by molar-refractivity contribution is 0.490. The summed E-state index contributed by atoms with van der Waals surface area (Å²) >= 11 is 0. The summed E-state index contributed by atoms with van der Waals surface area (Å²) in [5, 5.41) is 2.57. The van der Waals surface area contributed by atoms with Crippen LogP contribution in [0.2, 0.25) is 0 Å². The summed E-state index contributed by atoms with van der Waals surface area (Å²) in [6.45, 7) is 4.25. The first-order valence-corrected chi connectivity index (χ1v) is 7.39. The lowest BCUT2D eigenvalue weighted by atomic mass is 9.83.